The number of carboxylic acids is 1. The molecule has 3 N–H and O–H groups in total. The SMILES string of the molecule is CCCCCC(=O)O.CCN. The van der Waals surface area contributed by atoms with Gasteiger partial charge in [-0.25, -0.2) is 0 Å². The summed E-state index contributed by atoms with van der Waals surface area (Å²) in [5.41, 5.74) is 4.85. The van der Waals surface area contributed by atoms with Gasteiger partial charge in [-0.3, -0.25) is 4.79 Å². The van der Waals surface area contributed by atoms with Gasteiger partial charge in [0.15, 0.2) is 0 Å². The molecule has 0 amide bonds. The molecule has 0 spiro atoms. The fourth-order valence-electron chi connectivity index (χ4n) is 0.526. The molecule has 0 saturated carbocycles. The molecule has 0 rings (SSSR count). The molecule has 0 aliphatic heterocycles. The van der Waals surface area contributed by atoms with Gasteiger partial charge in [0, 0.05) is 6.42 Å². The van der Waals surface area contributed by atoms with Gasteiger partial charge in [0.1, 0.15) is 0 Å². The normalized spacial score (nSPS) is 8.27. The van der Waals surface area contributed by atoms with E-state index in [1.165, 1.54) is 0 Å². The third-order valence-corrected chi connectivity index (χ3v) is 0.994. The van der Waals surface area contributed by atoms with E-state index in [-0.39, 0.29) is 0 Å². The van der Waals surface area contributed by atoms with Crippen LogP contribution in [0.15, 0.2) is 0 Å². The Kier molecular flexibility index (Phi) is 14.4. The van der Waals surface area contributed by atoms with Gasteiger partial charge < -0.3 is 10.8 Å². The molecule has 68 valence electrons. The Morgan fingerprint density at radius 1 is 1.36 bits per heavy atom. The number of carbonyl (C=O) groups is 1. The Hall–Kier alpha value is -0.570. The van der Waals surface area contributed by atoms with Crippen molar-refractivity contribution in [1.29, 1.82) is 0 Å². The third-order valence-electron chi connectivity index (χ3n) is 0.994. The number of aliphatic carboxylic acids is 1. The molecule has 11 heavy (non-hydrogen) atoms. The van der Waals surface area contributed by atoms with Crippen molar-refractivity contribution in [1.82, 2.24) is 0 Å². The van der Waals surface area contributed by atoms with E-state index >= 15 is 0 Å². The van der Waals surface area contributed by atoms with Gasteiger partial charge in [0.05, 0.1) is 0 Å². The summed E-state index contributed by atoms with van der Waals surface area (Å²) in [7, 11) is 0. The number of hydrogen-bond acceptors (Lipinski definition) is 2. The van der Waals surface area contributed by atoms with E-state index in [0.29, 0.717) is 6.42 Å². The molecule has 3 heteroatoms. The van der Waals surface area contributed by atoms with Crippen molar-refractivity contribution < 1.29 is 9.90 Å². The van der Waals surface area contributed by atoms with E-state index in [9.17, 15) is 4.79 Å². The van der Waals surface area contributed by atoms with Gasteiger partial charge in [-0.05, 0) is 13.0 Å². The predicted octanol–water partition coefficient (Wildman–Crippen LogP) is 1.62. The van der Waals surface area contributed by atoms with E-state index in [1.54, 1.807) is 0 Å². The van der Waals surface area contributed by atoms with E-state index in [0.717, 1.165) is 25.8 Å². The Bertz CT molecular complexity index is 84.2. The molecule has 0 bridgehead atoms. The Morgan fingerprint density at radius 3 is 2.09 bits per heavy atom. The first-order valence-electron chi connectivity index (χ1n) is 4.10. The van der Waals surface area contributed by atoms with Crippen molar-refractivity contribution >= 4 is 5.97 Å². The van der Waals surface area contributed by atoms with Gasteiger partial charge in [0.2, 0.25) is 0 Å². The minimum absolute atomic E-state index is 0.327. The van der Waals surface area contributed by atoms with Crippen LogP contribution in [0.2, 0.25) is 0 Å². The first-order chi connectivity index (χ1) is 5.18. The second-order valence-electron chi connectivity index (χ2n) is 2.26. The topological polar surface area (TPSA) is 63.3 Å². The molecular formula is C8H19NO2. The lowest BCUT2D eigenvalue weighted by molar-refractivity contribution is -0.137. The van der Waals surface area contributed by atoms with Crippen LogP contribution in [0.25, 0.3) is 0 Å². The van der Waals surface area contributed by atoms with Gasteiger partial charge in [-0.1, -0.05) is 26.7 Å². The zero-order chi connectivity index (χ0) is 9.11. The summed E-state index contributed by atoms with van der Waals surface area (Å²) < 4.78 is 0. The van der Waals surface area contributed by atoms with Crippen LogP contribution in [0, 0.1) is 0 Å². The van der Waals surface area contributed by atoms with E-state index < -0.39 is 5.97 Å². The zero-order valence-electron chi connectivity index (χ0n) is 7.47. The van der Waals surface area contributed by atoms with Gasteiger partial charge in [-0.15, -0.1) is 0 Å². The van der Waals surface area contributed by atoms with Crippen molar-refractivity contribution in [2.45, 2.75) is 39.5 Å². The maximum absolute atomic E-state index is 9.87. The van der Waals surface area contributed by atoms with Crippen LogP contribution in [0.1, 0.15) is 39.5 Å². The molecule has 0 radical (unpaired) electrons. The molecule has 3 nitrogen and oxygen atoms in total. The average molecular weight is 161 g/mol. The highest BCUT2D eigenvalue weighted by molar-refractivity contribution is 5.66. The van der Waals surface area contributed by atoms with Crippen molar-refractivity contribution in [2.24, 2.45) is 5.73 Å². The zero-order valence-corrected chi connectivity index (χ0v) is 7.47. The van der Waals surface area contributed by atoms with Crippen LogP contribution in [0.5, 0.6) is 0 Å². The first kappa shape index (κ1) is 13.1. The highest BCUT2D eigenvalue weighted by Crippen LogP contribution is 1.97. The summed E-state index contributed by atoms with van der Waals surface area (Å²) in [6, 6.07) is 0. The van der Waals surface area contributed by atoms with Crippen molar-refractivity contribution in [3.8, 4) is 0 Å². The van der Waals surface area contributed by atoms with Crippen molar-refractivity contribution in [2.75, 3.05) is 6.54 Å². The van der Waals surface area contributed by atoms with E-state index in [1.807, 2.05) is 6.92 Å². The minimum Gasteiger partial charge on any atom is -0.481 e. The molecule has 0 aromatic heterocycles. The van der Waals surface area contributed by atoms with E-state index in [4.69, 9.17) is 10.8 Å². The van der Waals surface area contributed by atoms with Crippen molar-refractivity contribution in [3.63, 3.8) is 0 Å². The molecule has 0 unspecified atom stereocenters. The lowest BCUT2D eigenvalue weighted by Crippen LogP contribution is -1.92. The van der Waals surface area contributed by atoms with Crippen molar-refractivity contribution in [3.05, 3.63) is 0 Å². The van der Waals surface area contributed by atoms with E-state index in [2.05, 4.69) is 6.92 Å². The molecule has 0 saturated heterocycles. The maximum atomic E-state index is 9.87. The summed E-state index contributed by atoms with van der Waals surface area (Å²) in [6.07, 6.45) is 3.28. The summed E-state index contributed by atoms with van der Waals surface area (Å²) in [5, 5.41) is 8.14. The largest absolute Gasteiger partial charge is 0.481 e. The highest BCUT2D eigenvalue weighted by atomic mass is 16.4. The summed E-state index contributed by atoms with van der Waals surface area (Å²) >= 11 is 0. The molecule has 0 fully saturated rings. The smallest absolute Gasteiger partial charge is 0.303 e. The second kappa shape index (κ2) is 12.1. The number of rotatable bonds is 4. The monoisotopic (exact) mass is 161 g/mol. The molecule has 0 atom stereocenters. The Morgan fingerprint density at radius 2 is 1.82 bits per heavy atom. The van der Waals surface area contributed by atoms with Crippen LogP contribution in [-0.4, -0.2) is 17.6 Å². The number of unbranched alkanes of at least 4 members (excludes halogenated alkanes) is 2. The minimum atomic E-state index is -0.682. The molecule has 0 aromatic rings. The lowest BCUT2D eigenvalue weighted by atomic mass is 10.2. The standard InChI is InChI=1S/C6H12O2.C2H7N/c1-2-3-4-5-6(7)8;1-2-3/h2-5H2,1H3,(H,7,8);2-3H2,1H3. The van der Waals surface area contributed by atoms with Gasteiger partial charge in [0.25, 0.3) is 0 Å². The summed E-state index contributed by atoms with van der Waals surface area (Å²) in [5.74, 6) is -0.682. The number of nitrogens with two attached hydrogens (primary N) is 1. The molecule has 0 heterocycles. The summed E-state index contributed by atoms with van der Waals surface area (Å²) in [4.78, 5) is 9.87. The van der Waals surface area contributed by atoms with Crippen LogP contribution in [-0.2, 0) is 4.79 Å². The molecular weight excluding hydrogens is 142 g/mol. The number of hydrogen-bond donors (Lipinski definition) is 2. The molecule has 0 aliphatic rings. The van der Waals surface area contributed by atoms with Crippen LogP contribution in [0.3, 0.4) is 0 Å². The molecule has 0 aromatic carbocycles. The van der Waals surface area contributed by atoms with Gasteiger partial charge >= 0.3 is 5.97 Å². The fraction of sp³-hybridized carbons (Fsp3) is 0.875. The lowest BCUT2D eigenvalue weighted by Gasteiger charge is -1.89. The first-order valence-corrected chi connectivity index (χ1v) is 4.10. The van der Waals surface area contributed by atoms with Crippen LogP contribution < -0.4 is 5.73 Å². The average Bonchev–Trinajstić information content (AvgIpc) is 1.89. The highest BCUT2D eigenvalue weighted by Gasteiger charge is 1.92. The molecule has 0 aliphatic carbocycles. The quantitative estimate of drug-likeness (QED) is 0.616. The van der Waals surface area contributed by atoms with Gasteiger partial charge in [-0.2, -0.15) is 0 Å². The second-order valence-corrected chi connectivity index (χ2v) is 2.26. The third kappa shape index (κ3) is 26.5. The number of carboxylic acid groups (broad SMARTS) is 1. The predicted molar refractivity (Wildman–Crippen MR) is 46.5 cm³/mol. The maximum Gasteiger partial charge on any atom is 0.303 e. The Labute approximate surface area is 68.6 Å². The fourth-order valence-corrected chi connectivity index (χ4v) is 0.526. The van der Waals surface area contributed by atoms with Crippen LogP contribution >= 0.6 is 0 Å². The summed E-state index contributed by atoms with van der Waals surface area (Å²) in [6.45, 7) is 4.71. The Balaban J connectivity index is 0. The van der Waals surface area contributed by atoms with Crippen LogP contribution in [0.4, 0.5) is 0 Å².